The minimum Gasteiger partial charge on any atom is -0.302 e. The Morgan fingerprint density at radius 3 is 2.63 bits per heavy atom. The molecule has 0 aliphatic carbocycles. The number of benzene rings is 1. The van der Waals surface area contributed by atoms with Gasteiger partial charge in [0.15, 0.2) is 5.13 Å². The number of thiazole rings is 1. The lowest BCUT2D eigenvalue weighted by atomic mass is 10.1. The number of hydrogen-bond donors (Lipinski definition) is 2. The van der Waals surface area contributed by atoms with Gasteiger partial charge in [-0.15, -0.1) is 0 Å². The highest BCUT2D eigenvalue weighted by Crippen LogP contribution is 2.25. The van der Waals surface area contributed by atoms with Crippen molar-refractivity contribution in [3.05, 3.63) is 62.8 Å². The van der Waals surface area contributed by atoms with Crippen LogP contribution in [0.1, 0.15) is 34.6 Å². The van der Waals surface area contributed by atoms with E-state index in [0.717, 1.165) is 27.2 Å². The van der Waals surface area contributed by atoms with Crippen LogP contribution in [0.4, 0.5) is 5.13 Å². The van der Waals surface area contributed by atoms with Crippen LogP contribution >= 0.6 is 11.3 Å². The number of aromatic nitrogens is 5. The van der Waals surface area contributed by atoms with Gasteiger partial charge >= 0.3 is 0 Å². The highest BCUT2D eigenvalue weighted by molar-refractivity contribution is 7.22. The van der Waals surface area contributed by atoms with Gasteiger partial charge in [0.25, 0.3) is 5.56 Å². The maximum absolute atomic E-state index is 12.5. The van der Waals surface area contributed by atoms with Gasteiger partial charge in [-0.05, 0) is 51.8 Å². The predicted octanol–water partition coefficient (Wildman–Crippen LogP) is 3.37. The lowest BCUT2D eigenvalue weighted by Gasteiger charge is -2.07. The number of anilines is 1. The molecule has 0 aliphatic heterocycles. The number of rotatable bonds is 5. The number of para-hydroxylation sites is 1. The van der Waals surface area contributed by atoms with Crippen LogP contribution in [0.5, 0.6) is 0 Å². The molecule has 0 bridgehead atoms. The molecule has 0 saturated carbocycles. The van der Waals surface area contributed by atoms with Crippen molar-refractivity contribution in [3.63, 3.8) is 0 Å². The van der Waals surface area contributed by atoms with E-state index < -0.39 is 0 Å². The fraction of sp³-hybridized carbons (Fsp3) is 0.286. The number of fused-ring (bicyclic) bond motifs is 1. The Labute approximate surface area is 177 Å². The van der Waals surface area contributed by atoms with Crippen molar-refractivity contribution in [2.45, 2.75) is 40.5 Å². The largest absolute Gasteiger partial charge is 0.302 e. The normalized spacial score (nSPS) is 11.2. The Hall–Kier alpha value is -3.33. The smallest absolute Gasteiger partial charge is 0.255 e. The van der Waals surface area contributed by atoms with E-state index >= 15 is 0 Å². The summed E-state index contributed by atoms with van der Waals surface area (Å²) in [4.78, 5) is 36.2. The molecule has 0 radical (unpaired) electrons. The average molecular weight is 423 g/mol. The van der Waals surface area contributed by atoms with Crippen LogP contribution in [-0.2, 0) is 11.2 Å². The minimum absolute atomic E-state index is 0.0988. The summed E-state index contributed by atoms with van der Waals surface area (Å²) < 4.78 is 2.67. The third-order valence-electron chi connectivity index (χ3n) is 5.17. The molecule has 30 heavy (non-hydrogen) atoms. The average Bonchev–Trinajstić information content (AvgIpc) is 3.24. The molecule has 8 nitrogen and oxygen atoms in total. The van der Waals surface area contributed by atoms with E-state index in [2.05, 4.69) is 25.4 Å². The molecular weight excluding hydrogens is 400 g/mol. The van der Waals surface area contributed by atoms with Crippen LogP contribution < -0.4 is 10.9 Å². The maximum Gasteiger partial charge on any atom is 0.255 e. The van der Waals surface area contributed by atoms with Gasteiger partial charge in [0, 0.05) is 23.4 Å². The van der Waals surface area contributed by atoms with Gasteiger partial charge in [0.2, 0.25) is 11.9 Å². The molecule has 0 atom stereocenters. The number of nitrogens with zero attached hydrogens (tertiary/aromatic N) is 4. The third kappa shape index (κ3) is 3.76. The Balaban J connectivity index is 1.50. The molecule has 0 spiro atoms. The number of carbonyl (C=O) groups excluding carboxylic acids is 1. The summed E-state index contributed by atoms with van der Waals surface area (Å²) in [6.07, 6.45) is 0.837. The number of nitrogens with one attached hydrogen (secondary N) is 2. The molecule has 9 heteroatoms. The van der Waals surface area contributed by atoms with Crippen LogP contribution in [-0.4, -0.2) is 30.6 Å². The monoisotopic (exact) mass is 422 g/mol. The lowest BCUT2D eigenvalue weighted by molar-refractivity contribution is -0.116. The first kappa shape index (κ1) is 20.0. The number of hydrogen-bond acceptors (Lipinski definition) is 6. The summed E-state index contributed by atoms with van der Waals surface area (Å²) in [6.45, 7) is 7.34. The second-order valence-corrected chi connectivity index (χ2v) is 8.23. The van der Waals surface area contributed by atoms with Crippen molar-refractivity contribution in [2.75, 3.05) is 5.32 Å². The topological polar surface area (TPSA) is 106 Å². The van der Waals surface area contributed by atoms with Crippen molar-refractivity contribution in [3.8, 4) is 5.95 Å². The SMILES string of the molecule is Cc1nn(-c2nc(C)c(C)c(=O)[nH]2)c(C)c1CCC(=O)Nc1nc2ccccc2s1. The Bertz CT molecular complexity index is 1280. The summed E-state index contributed by atoms with van der Waals surface area (Å²) >= 11 is 1.46. The Morgan fingerprint density at radius 2 is 1.90 bits per heavy atom. The molecule has 2 N–H and O–H groups in total. The summed E-state index contributed by atoms with van der Waals surface area (Å²) in [5.41, 5.74) is 4.58. The summed E-state index contributed by atoms with van der Waals surface area (Å²) in [6, 6.07) is 7.78. The van der Waals surface area contributed by atoms with E-state index in [1.807, 2.05) is 38.1 Å². The first-order valence-corrected chi connectivity index (χ1v) is 10.4. The van der Waals surface area contributed by atoms with E-state index in [1.165, 1.54) is 11.3 Å². The number of carbonyl (C=O) groups is 1. The van der Waals surface area contributed by atoms with Crippen LogP contribution in [0, 0.1) is 27.7 Å². The number of aryl methyl sites for hydroxylation is 2. The summed E-state index contributed by atoms with van der Waals surface area (Å²) in [7, 11) is 0. The molecule has 1 aromatic carbocycles. The molecule has 0 aliphatic rings. The van der Waals surface area contributed by atoms with Gasteiger partial charge in [-0.1, -0.05) is 23.5 Å². The van der Waals surface area contributed by atoms with Crippen LogP contribution in [0.3, 0.4) is 0 Å². The Morgan fingerprint density at radius 1 is 1.13 bits per heavy atom. The van der Waals surface area contributed by atoms with Gasteiger partial charge in [-0.3, -0.25) is 14.6 Å². The second-order valence-electron chi connectivity index (χ2n) is 7.20. The van der Waals surface area contributed by atoms with Gasteiger partial charge in [0.1, 0.15) is 0 Å². The van der Waals surface area contributed by atoms with Crippen LogP contribution in [0.25, 0.3) is 16.2 Å². The summed E-state index contributed by atoms with van der Waals surface area (Å²) in [5.74, 6) is 0.284. The molecule has 4 aromatic rings. The zero-order chi connectivity index (χ0) is 21.4. The first-order chi connectivity index (χ1) is 14.3. The molecule has 4 rings (SSSR count). The van der Waals surface area contributed by atoms with E-state index in [0.29, 0.717) is 35.2 Å². The number of aromatic amines is 1. The predicted molar refractivity (Wildman–Crippen MR) is 117 cm³/mol. The van der Waals surface area contributed by atoms with E-state index in [9.17, 15) is 9.59 Å². The van der Waals surface area contributed by atoms with Gasteiger partial charge < -0.3 is 5.32 Å². The van der Waals surface area contributed by atoms with E-state index in [-0.39, 0.29) is 11.5 Å². The van der Waals surface area contributed by atoms with E-state index in [1.54, 1.807) is 18.5 Å². The second kappa shape index (κ2) is 7.83. The van der Waals surface area contributed by atoms with Crippen molar-refractivity contribution in [2.24, 2.45) is 0 Å². The zero-order valence-corrected chi connectivity index (χ0v) is 18.1. The lowest BCUT2D eigenvalue weighted by Crippen LogP contribution is -2.18. The maximum atomic E-state index is 12.5. The standard InChI is InChI=1S/C21H22N6O2S/c1-11-12(2)22-20(25-19(11)29)27-14(4)15(13(3)26-27)9-10-18(28)24-21-23-16-7-5-6-8-17(16)30-21/h5-8H,9-10H2,1-4H3,(H,22,25,29)(H,23,24,28). The molecule has 3 aromatic heterocycles. The van der Waals surface area contributed by atoms with Crippen molar-refractivity contribution >= 4 is 32.6 Å². The fourth-order valence-corrected chi connectivity index (χ4v) is 4.20. The molecule has 0 saturated heterocycles. The third-order valence-corrected chi connectivity index (χ3v) is 6.12. The molecule has 0 unspecified atom stereocenters. The van der Waals surface area contributed by atoms with Gasteiger partial charge in [-0.25, -0.2) is 14.6 Å². The number of H-pyrrole nitrogens is 1. The highest BCUT2D eigenvalue weighted by atomic mass is 32.1. The zero-order valence-electron chi connectivity index (χ0n) is 17.2. The van der Waals surface area contributed by atoms with Crippen molar-refractivity contribution in [1.29, 1.82) is 0 Å². The Kier molecular flexibility index (Phi) is 5.21. The van der Waals surface area contributed by atoms with E-state index in [4.69, 9.17) is 0 Å². The molecular formula is C21H22N6O2S. The molecule has 3 heterocycles. The molecule has 0 fully saturated rings. The van der Waals surface area contributed by atoms with Gasteiger partial charge in [-0.2, -0.15) is 5.10 Å². The quantitative estimate of drug-likeness (QED) is 0.513. The van der Waals surface area contributed by atoms with Crippen molar-refractivity contribution < 1.29 is 4.79 Å². The van der Waals surface area contributed by atoms with Crippen molar-refractivity contribution in [1.82, 2.24) is 24.7 Å². The number of amides is 1. The van der Waals surface area contributed by atoms with Crippen LogP contribution in [0.15, 0.2) is 29.1 Å². The highest BCUT2D eigenvalue weighted by Gasteiger charge is 2.17. The molecule has 154 valence electrons. The van der Waals surface area contributed by atoms with Crippen LogP contribution in [0.2, 0.25) is 0 Å². The minimum atomic E-state index is -0.179. The van der Waals surface area contributed by atoms with Gasteiger partial charge in [0.05, 0.1) is 15.9 Å². The first-order valence-electron chi connectivity index (χ1n) is 9.62. The summed E-state index contributed by atoms with van der Waals surface area (Å²) in [5, 5.41) is 8.01. The fourth-order valence-electron chi connectivity index (χ4n) is 3.32. The molecule has 1 amide bonds.